The van der Waals surface area contributed by atoms with Gasteiger partial charge >= 0.3 is 0 Å². The maximum Gasteiger partial charge on any atom is 0.119 e. The van der Waals surface area contributed by atoms with Gasteiger partial charge in [0, 0.05) is 13.1 Å². The van der Waals surface area contributed by atoms with E-state index in [-0.39, 0.29) is 0 Å². The van der Waals surface area contributed by atoms with Crippen molar-refractivity contribution in [2.75, 3.05) is 26.2 Å². The first-order valence-electron chi connectivity index (χ1n) is 9.27. The average molecular weight is 323 g/mol. The zero-order valence-corrected chi connectivity index (χ0v) is 14.8. The first-order valence-corrected chi connectivity index (χ1v) is 9.27. The molecule has 2 heteroatoms. The third-order valence-corrected chi connectivity index (χ3v) is 4.82. The number of ether oxygens (including phenoxy) is 1. The fourth-order valence-corrected chi connectivity index (χ4v) is 3.52. The minimum atomic E-state index is 0.779. The van der Waals surface area contributed by atoms with E-state index in [2.05, 4.69) is 66.4 Å². The molecule has 1 aliphatic rings. The van der Waals surface area contributed by atoms with E-state index in [0.29, 0.717) is 0 Å². The minimum absolute atomic E-state index is 0.779. The van der Waals surface area contributed by atoms with Crippen LogP contribution in [0, 0.1) is 5.92 Å². The average Bonchev–Trinajstić information content (AvgIpc) is 2.80. The molecule has 0 bridgehead atoms. The summed E-state index contributed by atoms with van der Waals surface area (Å²) in [5.74, 6) is 1.81. The second-order valence-electron chi connectivity index (χ2n) is 7.06. The Morgan fingerprint density at radius 2 is 1.83 bits per heavy atom. The molecule has 1 atom stereocenters. The van der Waals surface area contributed by atoms with Gasteiger partial charge in [-0.15, -0.1) is 0 Å². The molecule has 1 aliphatic heterocycles. The molecule has 1 heterocycles. The van der Waals surface area contributed by atoms with Gasteiger partial charge in [0.05, 0.1) is 0 Å². The second-order valence-corrected chi connectivity index (χ2v) is 7.06. The van der Waals surface area contributed by atoms with E-state index in [0.717, 1.165) is 31.2 Å². The molecule has 24 heavy (non-hydrogen) atoms. The third-order valence-electron chi connectivity index (χ3n) is 4.82. The van der Waals surface area contributed by atoms with Crippen LogP contribution in [0.5, 0.6) is 5.75 Å². The van der Waals surface area contributed by atoms with Gasteiger partial charge in [0.15, 0.2) is 0 Å². The van der Waals surface area contributed by atoms with Gasteiger partial charge < -0.3 is 4.74 Å². The van der Waals surface area contributed by atoms with Gasteiger partial charge in [-0.25, -0.2) is 0 Å². The molecule has 1 fully saturated rings. The first kappa shape index (κ1) is 17.0. The normalized spacial score (nSPS) is 19.0. The van der Waals surface area contributed by atoms with Crippen LogP contribution in [0.3, 0.4) is 0 Å². The lowest BCUT2D eigenvalue weighted by Crippen LogP contribution is -2.31. The monoisotopic (exact) mass is 323 g/mol. The maximum absolute atomic E-state index is 6.02. The highest BCUT2D eigenvalue weighted by atomic mass is 16.5. The summed E-state index contributed by atoms with van der Waals surface area (Å²) >= 11 is 0. The van der Waals surface area contributed by atoms with E-state index in [4.69, 9.17) is 4.74 Å². The Bertz CT molecular complexity index is 610. The Balaban J connectivity index is 1.49. The molecule has 1 unspecified atom stereocenters. The van der Waals surface area contributed by atoms with Crippen LogP contribution in [-0.4, -0.2) is 31.1 Å². The molecule has 3 rings (SSSR count). The van der Waals surface area contributed by atoms with Gasteiger partial charge in [-0.2, -0.15) is 0 Å². The fraction of sp³-hybridized carbons (Fsp3) is 0.455. The van der Waals surface area contributed by atoms with Gasteiger partial charge in [-0.1, -0.05) is 55.8 Å². The smallest absolute Gasteiger partial charge is 0.119 e. The van der Waals surface area contributed by atoms with Gasteiger partial charge in [0.1, 0.15) is 12.4 Å². The van der Waals surface area contributed by atoms with Crippen molar-refractivity contribution < 1.29 is 4.74 Å². The van der Waals surface area contributed by atoms with E-state index >= 15 is 0 Å². The van der Waals surface area contributed by atoms with E-state index in [1.54, 1.807) is 0 Å². The number of hydrogen-bond acceptors (Lipinski definition) is 2. The van der Waals surface area contributed by atoms with E-state index in [9.17, 15) is 0 Å². The van der Waals surface area contributed by atoms with E-state index in [1.807, 2.05) is 0 Å². The minimum Gasteiger partial charge on any atom is -0.492 e. The Labute approximate surface area is 146 Å². The van der Waals surface area contributed by atoms with Crippen LogP contribution in [0.1, 0.15) is 37.3 Å². The molecule has 1 saturated heterocycles. The number of hydrogen-bond donors (Lipinski definition) is 0. The van der Waals surface area contributed by atoms with Crippen molar-refractivity contribution in [1.82, 2.24) is 4.90 Å². The first-order chi connectivity index (χ1) is 11.8. The van der Waals surface area contributed by atoms with E-state index in [1.165, 1.54) is 43.5 Å². The summed E-state index contributed by atoms with van der Waals surface area (Å²) in [6.07, 6.45) is 5.04. The van der Waals surface area contributed by atoms with Crippen LogP contribution in [0.4, 0.5) is 0 Å². The highest BCUT2D eigenvalue weighted by molar-refractivity contribution is 5.32. The summed E-state index contributed by atoms with van der Waals surface area (Å²) in [4.78, 5) is 2.56. The van der Waals surface area contributed by atoms with Crippen molar-refractivity contribution in [2.45, 2.75) is 32.6 Å². The predicted octanol–water partition coefficient (Wildman–Crippen LogP) is 4.78. The Hall–Kier alpha value is -1.80. The highest BCUT2D eigenvalue weighted by Gasteiger charge is 2.14. The molecule has 2 aromatic carbocycles. The summed E-state index contributed by atoms with van der Waals surface area (Å²) in [6.45, 7) is 6.63. The second kappa shape index (κ2) is 8.89. The molecule has 0 radical (unpaired) electrons. The fourth-order valence-electron chi connectivity index (χ4n) is 3.52. The van der Waals surface area contributed by atoms with Gasteiger partial charge in [-0.3, -0.25) is 4.90 Å². The number of rotatable bonds is 6. The summed E-state index contributed by atoms with van der Waals surface area (Å²) in [7, 11) is 0. The number of nitrogens with zero attached hydrogens (tertiary/aromatic N) is 1. The highest BCUT2D eigenvalue weighted by Crippen LogP contribution is 2.18. The molecule has 0 amide bonds. The van der Waals surface area contributed by atoms with Crippen molar-refractivity contribution in [1.29, 1.82) is 0 Å². The summed E-state index contributed by atoms with van der Waals surface area (Å²) < 4.78 is 6.02. The molecule has 0 spiro atoms. The zero-order chi connectivity index (χ0) is 16.6. The lowest BCUT2D eigenvalue weighted by molar-refractivity contribution is 0.199. The van der Waals surface area contributed by atoms with Gasteiger partial charge in [0.25, 0.3) is 0 Å². The summed E-state index contributed by atoms with van der Waals surface area (Å²) in [6, 6.07) is 19.1. The van der Waals surface area contributed by atoms with Gasteiger partial charge in [-0.05, 0) is 55.0 Å². The van der Waals surface area contributed by atoms with Crippen LogP contribution in [-0.2, 0) is 6.42 Å². The van der Waals surface area contributed by atoms with Crippen molar-refractivity contribution in [2.24, 2.45) is 5.92 Å². The van der Waals surface area contributed by atoms with Crippen molar-refractivity contribution in [3.63, 3.8) is 0 Å². The molecule has 0 saturated carbocycles. The number of benzene rings is 2. The van der Waals surface area contributed by atoms with Crippen molar-refractivity contribution >= 4 is 0 Å². The lowest BCUT2D eigenvalue weighted by Gasteiger charge is -2.22. The molecule has 2 aromatic rings. The third kappa shape index (κ3) is 5.38. The molecule has 0 aromatic heterocycles. The lowest BCUT2D eigenvalue weighted by atomic mass is 10.1. The molecule has 0 N–H and O–H groups in total. The van der Waals surface area contributed by atoms with Crippen LogP contribution < -0.4 is 4.74 Å². The predicted molar refractivity (Wildman–Crippen MR) is 101 cm³/mol. The summed E-state index contributed by atoms with van der Waals surface area (Å²) in [5.41, 5.74) is 2.65. The Morgan fingerprint density at radius 3 is 2.71 bits per heavy atom. The SMILES string of the molecule is CC1CCCCN(CCOc2cccc(Cc3ccccc3)c2)C1. The quantitative estimate of drug-likeness (QED) is 0.758. The summed E-state index contributed by atoms with van der Waals surface area (Å²) in [5, 5.41) is 0. The number of likely N-dealkylation sites (tertiary alicyclic amines) is 1. The molecular weight excluding hydrogens is 294 g/mol. The van der Waals surface area contributed by atoms with Crippen molar-refractivity contribution in [3.05, 3.63) is 65.7 Å². The van der Waals surface area contributed by atoms with Crippen LogP contribution in [0.25, 0.3) is 0 Å². The zero-order valence-electron chi connectivity index (χ0n) is 14.8. The van der Waals surface area contributed by atoms with Crippen LogP contribution >= 0.6 is 0 Å². The van der Waals surface area contributed by atoms with Crippen LogP contribution in [0.15, 0.2) is 54.6 Å². The van der Waals surface area contributed by atoms with Gasteiger partial charge in [0.2, 0.25) is 0 Å². The van der Waals surface area contributed by atoms with Crippen molar-refractivity contribution in [3.8, 4) is 5.75 Å². The standard InChI is InChI=1S/C22H29NO/c1-19-8-5-6-13-23(18-19)14-15-24-22-12-7-11-21(17-22)16-20-9-3-2-4-10-20/h2-4,7,9-12,17,19H,5-6,8,13-16,18H2,1H3. The van der Waals surface area contributed by atoms with Crippen LogP contribution in [0.2, 0.25) is 0 Å². The Kier molecular flexibility index (Phi) is 6.31. The molecule has 2 nitrogen and oxygen atoms in total. The topological polar surface area (TPSA) is 12.5 Å². The largest absolute Gasteiger partial charge is 0.492 e. The maximum atomic E-state index is 6.02. The molecule has 128 valence electrons. The van der Waals surface area contributed by atoms with E-state index < -0.39 is 0 Å². The Morgan fingerprint density at radius 1 is 1.00 bits per heavy atom. The molecular formula is C22H29NO. The molecule has 0 aliphatic carbocycles.